The molecule has 276 valence electrons. The van der Waals surface area contributed by atoms with E-state index in [1.54, 1.807) is 35.4 Å². The molecule has 15 heteroatoms. The summed E-state index contributed by atoms with van der Waals surface area (Å²) >= 11 is 0. The minimum absolute atomic E-state index is 0.0152. The summed E-state index contributed by atoms with van der Waals surface area (Å²) in [5.41, 5.74) is 2.09. The van der Waals surface area contributed by atoms with Crippen molar-refractivity contribution >= 4 is 40.6 Å². The fraction of sp³-hybridized carbons (Fsp3) is 0.368. The molecule has 1 aliphatic heterocycles. The molecule has 0 bridgehead atoms. The highest BCUT2D eigenvalue weighted by atomic mass is 16.3. The summed E-state index contributed by atoms with van der Waals surface area (Å²) < 4.78 is 1.72. The number of hydrogen-bond donors (Lipinski definition) is 7. The number of pyridine rings is 1. The summed E-state index contributed by atoms with van der Waals surface area (Å²) in [5.74, 6) is 0.234. The van der Waals surface area contributed by atoms with Gasteiger partial charge in [0, 0.05) is 37.8 Å². The Hall–Kier alpha value is -5.64. The van der Waals surface area contributed by atoms with Crippen LogP contribution in [-0.2, 0) is 4.79 Å². The van der Waals surface area contributed by atoms with E-state index in [1.165, 1.54) is 13.8 Å². The van der Waals surface area contributed by atoms with Crippen molar-refractivity contribution in [2.45, 2.75) is 68.5 Å². The maximum absolute atomic E-state index is 12.8. The number of imidazole rings is 1. The summed E-state index contributed by atoms with van der Waals surface area (Å²) in [5, 5.41) is 44.5. The van der Waals surface area contributed by atoms with E-state index in [0.717, 1.165) is 11.1 Å². The van der Waals surface area contributed by atoms with Gasteiger partial charge in [0.2, 0.25) is 5.95 Å². The lowest BCUT2D eigenvalue weighted by atomic mass is 9.91. The van der Waals surface area contributed by atoms with Gasteiger partial charge in [-0.2, -0.15) is 9.97 Å². The summed E-state index contributed by atoms with van der Waals surface area (Å²) in [6.07, 6.45) is 3.06. The van der Waals surface area contributed by atoms with Crippen LogP contribution in [0.1, 0.15) is 49.8 Å². The molecular weight excluding hydrogens is 676 g/mol. The minimum Gasteiger partial charge on any atom is -0.388 e. The second-order valence-electron chi connectivity index (χ2n) is 14.1. The van der Waals surface area contributed by atoms with Crippen molar-refractivity contribution in [3.8, 4) is 0 Å². The van der Waals surface area contributed by atoms with Gasteiger partial charge in [0.05, 0.1) is 30.3 Å². The van der Waals surface area contributed by atoms with Crippen LogP contribution in [0.5, 0.6) is 0 Å². The van der Waals surface area contributed by atoms with Crippen molar-refractivity contribution in [3.05, 3.63) is 103 Å². The highest BCUT2D eigenvalue weighted by molar-refractivity contribution is 5.89. The SMILES string of the molecule is CC(C)(O)C(=O)N[C@H]1C[C@@H](n2cnc3c(NCC(c4ccccc4)c4ccccc4)nc(N4CC[C@@H](NC(=O)Nc5cccnc5)C4)nc32)[C@H](O)[C@@H]1O. The van der Waals surface area contributed by atoms with Gasteiger partial charge in [-0.05, 0) is 49.9 Å². The Morgan fingerprint density at radius 3 is 2.32 bits per heavy atom. The molecule has 1 aliphatic carbocycles. The minimum atomic E-state index is -1.66. The van der Waals surface area contributed by atoms with Gasteiger partial charge < -0.3 is 46.1 Å². The Kier molecular flexibility index (Phi) is 10.2. The van der Waals surface area contributed by atoms with Crippen LogP contribution in [0.15, 0.2) is 91.5 Å². The molecule has 7 N–H and O–H groups in total. The monoisotopic (exact) mass is 720 g/mol. The number of anilines is 3. The molecule has 53 heavy (non-hydrogen) atoms. The van der Waals surface area contributed by atoms with Gasteiger partial charge >= 0.3 is 6.03 Å². The quantitative estimate of drug-likeness (QED) is 0.106. The van der Waals surface area contributed by atoms with Crippen LogP contribution in [0.4, 0.5) is 22.2 Å². The smallest absolute Gasteiger partial charge is 0.319 e. The van der Waals surface area contributed by atoms with Crippen LogP contribution in [-0.4, -0.2) is 101 Å². The summed E-state index contributed by atoms with van der Waals surface area (Å²) in [6, 6.07) is 21.9. The van der Waals surface area contributed by atoms with Crippen LogP contribution >= 0.6 is 0 Å². The van der Waals surface area contributed by atoms with E-state index >= 15 is 0 Å². The van der Waals surface area contributed by atoms with E-state index in [4.69, 9.17) is 15.0 Å². The number of amides is 3. The van der Waals surface area contributed by atoms with Crippen LogP contribution < -0.4 is 26.2 Å². The van der Waals surface area contributed by atoms with Crippen LogP contribution in [0.2, 0.25) is 0 Å². The summed E-state index contributed by atoms with van der Waals surface area (Å²) in [6.45, 7) is 4.23. The molecule has 5 aromatic rings. The number of aliphatic hydroxyl groups is 3. The Morgan fingerprint density at radius 2 is 1.66 bits per heavy atom. The van der Waals surface area contributed by atoms with Crippen LogP contribution in [0, 0.1) is 0 Å². The molecule has 3 amide bonds. The molecule has 5 atom stereocenters. The first-order valence-electron chi connectivity index (χ1n) is 17.8. The first-order chi connectivity index (χ1) is 25.5. The van der Waals surface area contributed by atoms with E-state index in [9.17, 15) is 24.9 Å². The van der Waals surface area contributed by atoms with E-state index in [2.05, 4.69) is 50.5 Å². The Morgan fingerprint density at radius 1 is 0.943 bits per heavy atom. The van der Waals surface area contributed by atoms with Gasteiger partial charge in [0.15, 0.2) is 17.0 Å². The number of rotatable bonds is 11. The highest BCUT2D eigenvalue weighted by Crippen LogP contribution is 2.36. The molecule has 2 aromatic carbocycles. The lowest BCUT2D eigenvalue weighted by molar-refractivity contribution is -0.138. The Balaban J connectivity index is 1.19. The van der Waals surface area contributed by atoms with Gasteiger partial charge in [-0.3, -0.25) is 9.78 Å². The van der Waals surface area contributed by atoms with Crippen molar-refractivity contribution < 1.29 is 24.9 Å². The average Bonchev–Trinajstić information content (AvgIpc) is 3.87. The number of carbonyl (C=O) groups excluding carboxylic acids is 2. The Bertz CT molecular complexity index is 1990. The first kappa shape index (κ1) is 35.7. The molecule has 2 aliphatic rings. The zero-order chi connectivity index (χ0) is 37.1. The first-order valence-corrected chi connectivity index (χ1v) is 17.8. The maximum atomic E-state index is 12.8. The fourth-order valence-corrected chi connectivity index (χ4v) is 7.03. The number of fused-ring (bicyclic) bond motifs is 1. The number of carbonyl (C=O) groups is 2. The van der Waals surface area contributed by atoms with Gasteiger partial charge in [0.1, 0.15) is 17.8 Å². The van der Waals surface area contributed by atoms with Crippen LogP contribution in [0.3, 0.4) is 0 Å². The average molecular weight is 721 g/mol. The number of benzene rings is 2. The van der Waals surface area contributed by atoms with Gasteiger partial charge in [0.25, 0.3) is 5.91 Å². The molecule has 2 fully saturated rings. The summed E-state index contributed by atoms with van der Waals surface area (Å²) in [4.78, 5) is 46.0. The number of aliphatic hydroxyl groups excluding tert-OH is 2. The zero-order valence-electron chi connectivity index (χ0n) is 29.5. The molecule has 0 unspecified atom stereocenters. The number of nitrogens with one attached hydrogen (secondary N) is 4. The van der Waals surface area contributed by atoms with Gasteiger partial charge in [-0.15, -0.1) is 0 Å². The van der Waals surface area contributed by atoms with Crippen molar-refractivity contribution in [3.63, 3.8) is 0 Å². The van der Waals surface area contributed by atoms with Crippen molar-refractivity contribution in [1.29, 1.82) is 0 Å². The second kappa shape index (κ2) is 15.1. The standard InChI is InChI=1S/C38H44N10O5/c1-38(2,53)35(51)44-28-18-29(32(50)31(28)49)48-22-41-30-33(40-20-27(23-10-5-3-6-11-23)24-12-7-4-8-13-24)45-36(46-34(30)48)47-17-15-26(21-47)43-37(52)42-25-14-9-16-39-19-25/h3-14,16,19,22,26-29,31-32,49-50,53H,15,17-18,20-21H2,1-2H3,(H,44,51)(H,40,45,46)(H2,42,43,52)/t26-,28+,29-,31-,32+/m1/s1. The van der Waals surface area contributed by atoms with Crippen LogP contribution in [0.25, 0.3) is 11.2 Å². The second-order valence-corrected chi connectivity index (χ2v) is 14.1. The predicted molar refractivity (Wildman–Crippen MR) is 199 cm³/mol. The van der Waals surface area contributed by atoms with Crippen molar-refractivity contribution in [2.75, 3.05) is 35.2 Å². The topological polar surface area (TPSA) is 203 Å². The largest absolute Gasteiger partial charge is 0.388 e. The van der Waals surface area contributed by atoms with E-state index in [1.807, 2.05) is 41.3 Å². The molecule has 15 nitrogen and oxygen atoms in total. The molecule has 1 saturated heterocycles. The Labute approximate surface area is 306 Å². The molecule has 1 saturated carbocycles. The number of urea groups is 1. The molecule has 7 rings (SSSR count). The third kappa shape index (κ3) is 7.91. The van der Waals surface area contributed by atoms with Gasteiger partial charge in [-0.1, -0.05) is 60.7 Å². The van der Waals surface area contributed by atoms with E-state index in [0.29, 0.717) is 54.7 Å². The normalized spacial score (nSPS) is 21.5. The fourth-order valence-electron chi connectivity index (χ4n) is 7.03. The van der Waals surface area contributed by atoms with Crippen molar-refractivity contribution in [2.24, 2.45) is 0 Å². The predicted octanol–water partition coefficient (Wildman–Crippen LogP) is 2.79. The maximum Gasteiger partial charge on any atom is 0.319 e. The van der Waals surface area contributed by atoms with Gasteiger partial charge in [-0.25, -0.2) is 9.78 Å². The third-order valence-corrected chi connectivity index (χ3v) is 9.89. The van der Waals surface area contributed by atoms with E-state index in [-0.39, 0.29) is 24.4 Å². The molecule has 0 radical (unpaired) electrons. The number of nitrogens with zero attached hydrogens (tertiary/aromatic N) is 6. The molecular formula is C38H44N10O5. The number of aromatic nitrogens is 5. The molecule has 4 heterocycles. The lowest BCUT2D eigenvalue weighted by Gasteiger charge is -2.22. The van der Waals surface area contributed by atoms with Crippen molar-refractivity contribution in [1.82, 2.24) is 35.1 Å². The lowest BCUT2D eigenvalue weighted by Crippen LogP contribution is -2.50. The molecule has 3 aromatic heterocycles. The number of hydrogen-bond acceptors (Lipinski definition) is 11. The summed E-state index contributed by atoms with van der Waals surface area (Å²) in [7, 11) is 0. The zero-order valence-corrected chi connectivity index (χ0v) is 29.5. The highest BCUT2D eigenvalue weighted by Gasteiger charge is 2.45. The third-order valence-electron chi connectivity index (χ3n) is 9.89. The van der Waals surface area contributed by atoms with E-state index < -0.39 is 35.8 Å². The molecule has 0 spiro atoms.